The molecule has 1 aromatic carbocycles. The zero-order chi connectivity index (χ0) is 15.1. The summed E-state index contributed by atoms with van der Waals surface area (Å²) < 4.78 is 0. The maximum absolute atomic E-state index is 5.50. The highest BCUT2D eigenvalue weighted by molar-refractivity contribution is 7.99. The van der Waals surface area contributed by atoms with Gasteiger partial charge in [-0.1, -0.05) is 37.3 Å². The lowest BCUT2D eigenvalue weighted by atomic mass is 10.2. The van der Waals surface area contributed by atoms with Crippen LogP contribution in [0.2, 0.25) is 0 Å². The van der Waals surface area contributed by atoms with Crippen LogP contribution in [0.15, 0.2) is 36.4 Å². The van der Waals surface area contributed by atoms with E-state index in [-0.39, 0.29) is 0 Å². The molecule has 2 rings (SSSR count). The van der Waals surface area contributed by atoms with Crippen molar-refractivity contribution >= 4 is 23.4 Å². The molecule has 0 saturated heterocycles. The highest BCUT2D eigenvalue weighted by atomic mass is 32.2. The van der Waals surface area contributed by atoms with Gasteiger partial charge in [0, 0.05) is 23.4 Å². The Morgan fingerprint density at radius 3 is 2.57 bits per heavy atom. The summed E-state index contributed by atoms with van der Waals surface area (Å²) >= 11 is 1.90. The predicted octanol–water partition coefficient (Wildman–Crippen LogP) is 2.98. The maximum Gasteiger partial charge on any atom is 0.163 e. The number of nitrogens with zero attached hydrogens (tertiary/aromatic N) is 2. The number of rotatable bonds is 7. The third-order valence-corrected chi connectivity index (χ3v) is 4.02. The van der Waals surface area contributed by atoms with E-state index in [0.717, 1.165) is 22.9 Å². The summed E-state index contributed by atoms with van der Waals surface area (Å²) in [4.78, 5) is 8.97. The molecule has 0 amide bonds. The van der Waals surface area contributed by atoms with Gasteiger partial charge in [-0.2, -0.15) is 11.8 Å². The Bertz CT molecular complexity index is 561. The molecule has 112 valence electrons. The third kappa shape index (κ3) is 4.61. The molecule has 0 aliphatic rings. The van der Waals surface area contributed by atoms with Gasteiger partial charge in [-0.15, -0.1) is 0 Å². The highest BCUT2D eigenvalue weighted by Gasteiger charge is 2.08. The molecule has 0 spiro atoms. The fourth-order valence-electron chi connectivity index (χ4n) is 1.90. The maximum atomic E-state index is 5.50. The molecular formula is C15H21N5S. The monoisotopic (exact) mass is 303 g/mol. The summed E-state index contributed by atoms with van der Waals surface area (Å²) in [6.45, 7) is 4.30. The van der Waals surface area contributed by atoms with Gasteiger partial charge >= 0.3 is 0 Å². The van der Waals surface area contributed by atoms with Crippen LogP contribution in [0.25, 0.3) is 11.4 Å². The molecular weight excluding hydrogens is 282 g/mol. The van der Waals surface area contributed by atoms with E-state index >= 15 is 0 Å². The first kappa shape index (κ1) is 15.6. The standard InChI is InChI=1S/C15H21N5S/c1-3-21-10-11(2)17-13-9-14(20-16)19-15(18-13)12-7-5-4-6-8-12/h4-9,11H,3,10,16H2,1-2H3,(H2,17,18,19,20). The van der Waals surface area contributed by atoms with Crippen LogP contribution in [-0.4, -0.2) is 27.5 Å². The molecule has 5 nitrogen and oxygen atoms in total. The minimum Gasteiger partial charge on any atom is -0.367 e. The van der Waals surface area contributed by atoms with Crippen molar-refractivity contribution < 1.29 is 0 Å². The Morgan fingerprint density at radius 2 is 1.90 bits per heavy atom. The van der Waals surface area contributed by atoms with Crippen LogP contribution < -0.4 is 16.6 Å². The molecule has 0 aliphatic carbocycles. The lowest BCUT2D eigenvalue weighted by molar-refractivity contribution is 0.899. The number of hydrogen-bond donors (Lipinski definition) is 3. The van der Waals surface area contributed by atoms with Crippen molar-refractivity contribution in [3.63, 3.8) is 0 Å². The number of nitrogens with two attached hydrogens (primary N) is 1. The van der Waals surface area contributed by atoms with Crippen molar-refractivity contribution in [3.8, 4) is 11.4 Å². The van der Waals surface area contributed by atoms with Crippen molar-refractivity contribution in [2.75, 3.05) is 22.2 Å². The van der Waals surface area contributed by atoms with Gasteiger partial charge in [0.2, 0.25) is 0 Å². The number of nitrogens with one attached hydrogen (secondary N) is 2. The molecule has 0 bridgehead atoms. The van der Waals surface area contributed by atoms with Gasteiger partial charge in [-0.25, -0.2) is 15.8 Å². The highest BCUT2D eigenvalue weighted by Crippen LogP contribution is 2.20. The first-order valence-electron chi connectivity index (χ1n) is 6.98. The van der Waals surface area contributed by atoms with Crippen molar-refractivity contribution in [2.24, 2.45) is 5.84 Å². The Labute approximate surface area is 129 Å². The van der Waals surface area contributed by atoms with Gasteiger partial charge in [-0.3, -0.25) is 0 Å². The number of anilines is 2. The molecule has 0 aliphatic heterocycles. The first-order valence-corrected chi connectivity index (χ1v) is 8.13. The van der Waals surface area contributed by atoms with Crippen molar-refractivity contribution in [1.29, 1.82) is 0 Å². The fourth-order valence-corrected chi connectivity index (χ4v) is 2.57. The summed E-state index contributed by atoms with van der Waals surface area (Å²) in [5, 5.41) is 3.39. The number of hydrogen-bond acceptors (Lipinski definition) is 6. The molecule has 1 unspecified atom stereocenters. The second kappa shape index (κ2) is 7.85. The van der Waals surface area contributed by atoms with E-state index in [4.69, 9.17) is 5.84 Å². The zero-order valence-electron chi connectivity index (χ0n) is 12.3. The predicted molar refractivity (Wildman–Crippen MR) is 91.4 cm³/mol. The van der Waals surface area contributed by atoms with Crippen LogP contribution in [0.4, 0.5) is 11.6 Å². The van der Waals surface area contributed by atoms with Crippen molar-refractivity contribution in [3.05, 3.63) is 36.4 Å². The van der Waals surface area contributed by atoms with E-state index in [1.807, 2.05) is 48.2 Å². The van der Waals surface area contributed by atoms with Gasteiger partial charge in [0.05, 0.1) is 0 Å². The Morgan fingerprint density at radius 1 is 1.19 bits per heavy atom. The van der Waals surface area contributed by atoms with Gasteiger partial charge in [0.1, 0.15) is 11.6 Å². The minimum absolute atomic E-state index is 0.332. The Balaban J connectivity index is 2.22. The van der Waals surface area contributed by atoms with Crippen molar-refractivity contribution in [1.82, 2.24) is 9.97 Å². The average molecular weight is 303 g/mol. The van der Waals surface area contributed by atoms with Gasteiger partial charge in [0.15, 0.2) is 5.82 Å². The van der Waals surface area contributed by atoms with E-state index in [1.165, 1.54) is 0 Å². The molecule has 6 heteroatoms. The molecule has 1 heterocycles. The number of aromatic nitrogens is 2. The molecule has 0 saturated carbocycles. The van der Waals surface area contributed by atoms with Crippen LogP contribution in [0.1, 0.15) is 13.8 Å². The smallest absolute Gasteiger partial charge is 0.163 e. The summed E-state index contributed by atoms with van der Waals surface area (Å²) in [5.74, 6) is 9.68. The van der Waals surface area contributed by atoms with Crippen LogP contribution in [-0.2, 0) is 0 Å². The molecule has 0 radical (unpaired) electrons. The van der Waals surface area contributed by atoms with Crippen LogP contribution in [0, 0.1) is 0 Å². The Kier molecular flexibility index (Phi) is 5.83. The van der Waals surface area contributed by atoms with E-state index in [9.17, 15) is 0 Å². The second-order valence-electron chi connectivity index (χ2n) is 4.68. The van der Waals surface area contributed by atoms with Gasteiger partial charge in [0.25, 0.3) is 0 Å². The van der Waals surface area contributed by atoms with E-state index in [0.29, 0.717) is 17.7 Å². The average Bonchev–Trinajstić information content (AvgIpc) is 2.53. The summed E-state index contributed by atoms with van der Waals surface area (Å²) in [6.07, 6.45) is 0. The molecule has 1 atom stereocenters. The first-order chi connectivity index (χ1) is 10.2. The van der Waals surface area contributed by atoms with Gasteiger partial charge in [-0.05, 0) is 12.7 Å². The van der Waals surface area contributed by atoms with E-state index in [2.05, 4.69) is 34.6 Å². The summed E-state index contributed by atoms with van der Waals surface area (Å²) in [6, 6.07) is 12.0. The van der Waals surface area contributed by atoms with Crippen LogP contribution >= 0.6 is 11.8 Å². The fraction of sp³-hybridized carbons (Fsp3) is 0.333. The number of thioether (sulfide) groups is 1. The van der Waals surface area contributed by atoms with Crippen molar-refractivity contribution in [2.45, 2.75) is 19.9 Å². The van der Waals surface area contributed by atoms with Crippen LogP contribution in [0.5, 0.6) is 0 Å². The summed E-state index contributed by atoms with van der Waals surface area (Å²) in [5.41, 5.74) is 3.56. The number of hydrazine groups is 1. The Hall–Kier alpha value is -1.79. The SMILES string of the molecule is CCSCC(C)Nc1cc(NN)nc(-c2ccccc2)n1. The third-order valence-electron chi connectivity index (χ3n) is 2.87. The lowest BCUT2D eigenvalue weighted by Gasteiger charge is -2.15. The largest absolute Gasteiger partial charge is 0.367 e. The topological polar surface area (TPSA) is 75.9 Å². The lowest BCUT2D eigenvalue weighted by Crippen LogP contribution is -2.20. The minimum atomic E-state index is 0.332. The van der Waals surface area contributed by atoms with E-state index < -0.39 is 0 Å². The molecule has 1 aromatic heterocycles. The molecule has 0 fully saturated rings. The second-order valence-corrected chi connectivity index (χ2v) is 6.00. The summed E-state index contributed by atoms with van der Waals surface area (Å²) in [7, 11) is 0. The van der Waals surface area contributed by atoms with Crippen LogP contribution in [0.3, 0.4) is 0 Å². The zero-order valence-corrected chi connectivity index (χ0v) is 13.2. The van der Waals surface area contributed by atoms with E-state index in [1.54, 1.807) is 0 Å². The molecule has 4 N–H and O–H groups in total. The quantitative estimate of drug-likeness (QED) is 0.539. The number of benzene rings is 1. The normalized spacial score (nSPS) is 12.0. The molecule has 21 heavy (non-hydrogen) atoms. The molecule has 2 aromatic rings. The van der Waals surface area contributed by atoms with Gasteiger partial charge < -0.3 is 10.7 Å². The number of nitrogen functional groups attached to an aromatic ring is 1.